The average molecular weight is 260 g/mol. The summed E-state index contributed by atoms with van der Waals surface area (Å²) in [6, 6.07) is 11.3. The van der Waals surface area contributed by atoms with Crippen molar-refractivity contribution in [2.75, 3.05) is 13.7 Å². The molecule has 1 atom stereocenters. The Morgan fingerprint density at radius 3 is 2.63 bits per heavy atom. The van der Waals surface area contributed by atoms with Gasteiger partial charge in [0.25, 0.3) is 0 Å². The fraction of sp³-hybridized carbons (Fsp3) is 0.267. The maximum absolute atomic E-state index is 11.4. The van der Waals surface area contributed by atoms with E-state index in [0.717, 1.165) is 10.8 Å². The van der Waals surface area contributed by atoms with Gasteiger partial charge in [-0.1, -0.05) is 30.3 Å². The van der Waals surface area contributed by atoms with E-state index in [-0.39, 0.29) is 0 Å². The molecule has 0 aromatic heterocycles. The zero-order chi connectivity index (χ0) is 13.8. The molecule has 0 saturated heterocycles. The van der Waals surface area contributed by atoms with Crippen molar-refractivity contribution in [3.8, 4) is 5.75 Å². The van der Waals surface area contributed by atoms with Gasteiger partial charge >= 0.3 is 5.97 Å². The van der Waals surface area contributed by atoms with E-state index in [4.69, 9.17) is 9.47 Å². The van der Waals surface area contributed by atoms with Gasteiger partial charge in [-0.25, -0.2) is 4.79 Å². The maximum atomic E-state index is 11.4. The summed E-state index contributed by atoms with van der Waals surface area (Å²) in [5, 5.41) is 11.2. The van der Waals surface area contributed by atoms with Crippen molar-refractivity contribution < 1.29 is 19.4 Å². The Bertz CT molecular complexity index is 592. The normalized spacial score (nSPS) is 12.3. The van der Waals surface area contributed by atoms with Crippen molar-refractivity contribution >= 4 is 16.7 Å². The molecule has 0 fully saturated rings. The van der Waals surface area contributed by atoms with Gasteiger partial charge < -0.3 is 14.6 Å². The summed E-state index contributed by atoms with van der Waals surface area (Å²) in [5.41, 5.74) is 0.565. The second kappa shape index (κ2) is 5.71. The number of hydrogen-bond acceptors (Lipinski definition) is 3. The molecule has 100 valence electrons. The number of fused-ring (bicyclic) bond motifs is 1. The second-order valence-corrected chi connectivity index (χ2v) is 4.08. The first-order chi connectivity index (χ1) is 9.19. The quantitative estimate of drug-likeness (QED) is 0.897. The van der Waals surface area contributed by atoms with E-state index in [1.54, 1.807) is 13.0 Å². The molecule has 0 aliphatic carbocycles. The van der Waals surface area contributed by atoms with Crippen LogP contribution in [-0.4, -0.2) is 24.8 Å². The minimum absolute atomic E-state index is 0.323. The van der Waals surface area contributed by atoms with E-state index in [1.165, 1.54) is 7.11 Å². The third kappa shape index (κ3) is 2.53. The topological polar surface area (TPSA) is 55.8 Å². The fourth-order valence-electron chi connectivity index (χ4n) is 2.17. The van der Waals surface area contributed by atoms with Crippen molar-refractivity contribution in [3.05, 3.63) is 42.0 Å². The number of hydrogen-bond donors (Lipinski definition) is 1. The summed E-state index contributed by atoms with van der Waals surface area (Å²) in [5.74, 6) is -0.490. The first-order valence-electron chi connectivity index (χ1n) is 6.09. The van der Waals surface area contributed by atoms with E-state index in [1.807, 2.05) is 30.3 Å². The molecule has 19 heavy (non-hydrogen) atoms. The largest absolute Gasteiger partial charge is 0.496 e. The van der Waals surface area contributed by atoms with Gasteiger partial charge in [-0.15, -0.1) is 0 Å². The number of methoxy groups -OCH3 is 1. The number of carboxylic acids is 1. The van der Waals surface area contributed by atoms with Crippen LogP contribution in [0.15, 0.2) is 36.4 Å². The highest BCUT2D eigenvalue weighted by Crippen LogP contribution is 2.35. The summed E-state index contributed by atoms with van der Waals surface area (Å²) < 4.78 is 10.6. The lowest BCUT2D eigenvalue weighted by molar-refractivity contribution is -0.150. The molecular weight excluding hydrogens is 244 g/mol. The summed E-state index contributed by atoms with van der Waals surface area (Å²) >= 11 is 0. The molecule has 0 amide bonds. The van der Waals surface area contributed by atoms with Gasteiger partial charge in [0, 0.05) is 12.2 Å². The molecular formula is C15H16O4. The fourth-order valence-corrected chi connectivity index (χ4v) is 2.17. The minimum atomic E-state index is -1.02. The highest BCUT2D eigenvalue weighted by Gasteiger charge is 2.26. The number of ether oxygens (including phenoxy) is 2. The zero-order valence-corrected chi connectivity index (χ0v) is 10.9. The molecule has 0 spiro atoms. The van der Waals surface area contributed by atoms with Crippen LogP contribution in [0, 0.1) is 0 Å². The van der Waals surface area contributed by atoms with E-state index in [2.05, 4.69) is 0 Å². The lowest BCUT2D eigenvalue weighted by Crippen LogP contribution is -2.16. The molecule has 2 aromatic carbocycles. The van der Waals surface area contributed by atoms with Crippen molar-refractivity contribution in [1.29, 1.82) is 0 Å². The van der Waals surface area contributed by atoms with Gasteiger partial charge in [-0.3, -0.25) is 0 Å². The SMILES string of the molecule is CCOC(C(=O)O)c1c(OC)ccc2ccccc12. The monoisotopic (exact) mass is 260 g/mol. The minimum Gasteiger partial charge on any atom is -0.496 e. The highest BCUT2D eigenvalue weighted by atomic mass is 16.5. The smallest absolute Gasteiger partial charge is 0.337 e. The zero-order valence-electron chi connectivity index (χ0n) is 10.9. The Morgan fingerprint density at radius 1 is 1.26 bits per heavy atom. The van der Waals surface area contributed by atoms with Crippen LogP contribution in [-0.2, 0) is 9.53 Å². The number of rotatable bonds is 5. The van der Waals surface area contributed by atoms with Crippen LogP contribution in [0.3, 0.4) is 0 Å². The molecule has 2 aromatic rings. The van der Waals surface area contributed by atoms with Gasteiger partial charge in [0.2, 0.25) is 0 Å². The molecule has 0 saturated carbocycles. The summed E-state index contributed by atoms with van der Waals surface area (Å²) in [7, 11) is 1.53. The predicted octanol–water partition coefficient (Wildman–Crippen LogP) is 3.01. The van der Waals surface area contributed by atoms with Crippen LogP contribution in [0.5, 0.6) is 5.75 Å². The number of aliphatic carboxylic acids is 1. The van der Waals surface area contributed by atoms with Crippen molar-refractivity contribution in [3.63, 3.8) is 0 Å². The van der Waals surface area contributed by atoms with Gasteiger partial charge in [0.15, 0.2) is 6.10 Å². The number of benzene rings is 2. The standard InChI is InChI=1S/C15H16O4/c1-3-19-14(15(16)17)13-11-7-5-4-6-10(11)8-9-12(13)18-2/h4-9,14H,3H2,1-2H3,(H,16,17). The molecule has 0 bridgehead atoms. The molecule has 1 unspecified atom stereocenters. The van der Waals surface area contributed by atoms with Crippen molar-refractivity contribution in [2.24, 2.45) is 0 Å². The van der Waals surface area contributed by atoms with E-state index >= 15 is 0 Å². The highest BCUT2D eigenvalue weighted by molar-refractivity contribution is 5.92. The van der Waals surface area contributed by atoms with Gasteiger partial charge in [0.1, 0.15) is 5.75 Å². The number of carbonyl (C=O) groups is 1. The van der Waals surface area contributed by atoms with Crippen molar-refractivity contribution in [2.45, 2.75) is 13.0 Å². The average Bonchev–Trinajstić information content (AvgIpc) is 2.43. The van der Waals surface area contributed by atoms with Crippen LogP contribution >= 0.6 is 0 Å². The molecule has 4 heteroatoms. The van der Waals surface area contributed by atoms with Crippen molar-refractivity contribution in [1.82, 2.24) is 0 Å². The summed E-state index contributed by atoms with van der Waals surface area (Å²) in [6.45, 7) is 2.09. The van der Waals surface area contributed by atoms with E-state index in [0.29, 0.717) is 17.9 Å². The molecule has 4 nitrogen and oxygen atoms in total. The molecule has 2 rings (SSSR count). The van der Waals surface area contributed by atoms with Gasteiger partial charge in [-0.2, -0.15) is 0 Å². The van der Waals surface area contributed by atoms with Crippen LogP contribution in [0.25, 0.3) is 10.8 Å². The van der Waals surface area contributed by atoms with Crippen LogP contribution in [0.2, 0.25) is 0 Å². The summed E-state index contributed by atoms with van der Waals surface area (Å²) in [4.78, 5) is 11.4. The molecule has 0 aliphatic heterocycles. The lowest BCUT2D eigenvalue weighted by Gasteiger charge is -2.18. The Kier molecular flexibility index (Phi) is 4.02. The van der Waals surface area contributed by atoms with Gasteiger partial charge in [-0.05, 0) is 23.8 Å². The van der Waals surface area contributed by atoms with Gasteiger partial charge in [0.05, 0.1) is 7.11 Å². The predicted molar refractivity (Wildman–Crippen MR) is 72.5 cm³/mol. The molecule has 0 aliphatic rings. The van der Waals surface area contributed by atoms with Crippen LogP contribution in [0.1, 0.15) is 18.6 Å². The van der Waals surface area contributed by atoms with Crippen LogP contribution in [0.4, 0.5) is 0 Å². The third-order valence-electron chi connectivity index (χ3n) is 2.97. The Morgan fingerprint density at radius 2 is 2.00 bits per heavy atom. The molecule has 0 heterocycles. The number of carboxylic acid groups (broad SMARTS) is 1. The third-order valence-corrected chi connectivity index (χ3v) is 2.97. The maximum Gasteiger partial charge on any atom is 0.337 e. The van der Waals surface area contributed by atoms with Crippen LogP contribution < -0.4 is 4.74 Å². The lowest BCUT2D eigenvalue weighted by atomic mass is 9.99. The van der Waals surface area contributed by atoms with E-state index in [9.17, 15) is 9.90 Å². The Hall–Kier alpha value is -2.07. The Balaban J connectivity index is 2.69. The molecule has 0 radical (unpaired) electrons. The van der Waals surface area contributed by atoms with E-state index < -0.39 is 12.1 Å². The Labute approximate surface area is 111 Å². The second-order valence-electron chi connectivity index (χ2n) is 4.08. The molecule has 1 N–H and O–H groups in total. The first kappa shape index (κ1) is 13.4. The first-order valence-corrected chi connectivity index (χ1v) is 6.09. The summed E-state index contributed by atoms with van der Waals surface area (Å²) in [6.07, 6.45) is -1.02.